The number of hydrogen-bond donors (Lipinski definition) is 2. The fourth-order valence-corrected chi connectivity index (χ4v) is 1.04. The summed E-state index contributed by atoms with van der Waals surface area (Å²) in [6.07, 6.45) is 0.0283. The molecule has 0 fully saturated rings. The first-order valence-corrected chi connectivity index (χ1v) is 4.48. The predicted molar refractivity (Wildman–Crippen MR) is 50.2 cm³/mol. The molecule has 1 aromatic heterocycles. The van der Waals surface area contributed by atoms with Crippen molar-refractivity contribution in [2.75, 3.05) is 6.54 Å². The number of nitrogens with one attached hydrogen (secondary N) is 1. The summed E-state index contributed by atoms with van der Waals surface area (Å²) in [6, 6.07) is 1.66. The van der Waals surface area contributed by atoms with Gasteiger partial charge in [-0.3, -0.25) is 9.59 Å². The zero-order valence-electron chi connectivity index (χ0n) is 8.32. The average Bonchev–Trinajstić information content (AvgIpc) is 2.50. The summed E-state index contributed by atoms with van der Waals surface area (Å²) in [4.78, 5) is 21.4. The van der Waals surface area contributed by atoms with E-state index < -0.39 is 5.97 Å². The summed E-state index contributed by atoms with van der Waals surface area (Å²) < 4.78 is 4.78. The van der Waals surface area contributed by atoms with Gasteiger partial charge in [0.25, 0.3) is 0 Å². The van der Waals surface area contributed by atoms with Crippen LogP contribution in [0.1, 0.15) is 17.9 Å². The Morgan fingerprint density at radius 2 is 2.33 bits per heavy atom. The second-order valence-electron chi connectivity index (χ2n) is 3.10. The molecule has 1 aromatic rings. The minimum atomic E-state index is -0.937. The first-order valence-electron chi connectivity index (χ1n) is 4.48. The van der Waals surface area contributed by atoms with Gasteiger partial charge in [-0.05, 0) is 6.92 Å². The topological polar surface area (TPSA) is 92.4 Å². The van der Waals surface area contributed by atoms with Crippen LogP contribution in [0, 0.1) is 6.92 Å². The van der Waals surface area contributed by atoms with Crippen LogP contribution in [0.2, 0.25) is 0 Å². The third kappa shape index (κ3) is 4.26. The molecular weight excluding hydrogens is 200 g/mol. The number of nitrogens with zero attached hydrogens (tertiary/aromatic N) is 1. The van der Waals surface area contributed by atoms with Gasteiger partial charge in [0, 0.05) is 12.6 Å². The normalized spacial score (nSPS) is 9.93. The van der Waals surface area contributed by atoms with E-state index in [2.05, 4.69) is 10.5 Å². The fourth-order valence-electron chi connectivity index (χ4n) is 1.04. The number of carboxylic acid groups (broad SMARTS) is 1. The highest BCUT2D eigenvalue weighted by atomic mass is 16.5. The molecule has 0 atom stereocenters. The van der Waals surface area contributed by atoms with Crippen LogP contribution in [0.3, 0.4) is 0 Å². The van der Waals surface area contributed by atoms with Gasteiger partial charge in [0.15, 0.2) is 0 Å². The Morgan fingerprint density at radius 3 is 2.87 bits per heavy atom. The van der Waals surface area contributed by atoms with Gasteiger partial charge in [-0.1, -0.05) is 5.16 Å². The van der Waals surface area contributed by atoms with E-state index in [-0.39, 0.29) is 25.3 Å². The molecule has 1 rings (SSSR count). The number of amides is 1. The van der Waals surface area contributed by atoms with Crippen molar-refractivity contribution in [3.05, 3.63) is 17.5 Å². The number of carbonyl (C=O) groups is 2. The zero-order valence-corrected chi connectivity index (χ0v) is 8.32. The van der Waals surface area contributed by atoms with E-state index in [4.69, 9.17) is 9.63 Å². The lowest BCUT2D eigenvalue weighted by molar-refractivity contribution is -0.136. The molecule has 0 saturated heterocycles. The first-order chi connectivity index (χ1) is 7.08. The molecule has 0 aliphatic rings. The van der Waals surface area contributed by atoms with Crippen molar-refractivity contribution < 1.29 is 19.2 Å². The number of aryl methyl sites for hydroxylation is 1. The average molecular weight is 212 g/mol. The van der Waals surface area contributed by atoms with Gasteiger partial charge in [0.2, 0.25) is 5.91 Å². The van der Waals surface area contributed by atoms with Crippen LogP contribution in [0.5, 0.6) is 0 Å². The van der Waals surface area contributed by atoms with Crippen LogP contribution in [0.25, 0.3) is 0 Å². The number of carboxylic acids is 1. The third-order valence-electron chi connectivity index (χ3n) is 1.68. The lowest BCUT2D eigenvalue weighted by atomic mass is 10.3. The highest BCUT2D eigenvalue weighted by molar-refractivity contribution is 5.78. The van der Waals surface area contributed by atoms with E-state index in [1.165, 1.54) is 0 Å². The molecule has 2 N–H and O–H groups in total. The summed E-state index contributed by atoms with van der Waals surface area (Å²) in [5, 5.41) is 14.5. The number of hydrogen-bond acceptors (Lipinski definition) is 4. The van der Waals surface area contributed by atoms with Crippen LogP contribution in [0.4, 0.5) is 0 Å². The molecular formula is C9H12N2O4. The van der Waals surface area contributed by atoms with Crippen LogP contribution < -0.4 is 5.32 Å². The van der Waals surface area contributed by atoms with Gasteiger partial charge in [0.1, 0.15) is 5.76 Å². The van der Waals surface area contributed by atoms with Gasteiger partial charge in [-0.25, -0.2) is 0 Å². The Kier molecular flexibility index (Phi) is 3.84. The Balaban J connectivity index is 2.27. The van der Waals surface area contributed by atoms with Gasteiger partial charge in [0.05, 0.1) is 18.5 Å². The van der Waals surface area contributed by atoms with E-state index in [9.17, 15) is 9.59 Å². The SMILES string of the molecule is Cc1cc(CC(=O)NCCC(=O)O)no1. The maximum absolute atomic E-state index is 11.2. The highest BCUT2D eigenvalue weighted by Crippen LogP contribution is 2.01. The maximum atomic E-state index is 11.2. The Morgan fingerprint density at radius 1 is 1.60 bits per heavy atom. The molecule has 0 spiro atoms. The van der Waals surface area contributed by atoms with Crippen LogP contribution >= 0.6 is 0 Å². The molecule has 15 heavy (non-hydrogen) atoms. The zero-order chi connectivity index (χ0) is 11.3. The number of aliphatic carboxylic acids is 1. The Labute approximate surface area is 86.3 Å². The molecule has 0 aliphatic carbocycles. The van der Waals surface area contributed by atoms with E-state index in [1.807, 2.05) is 0 Å². The van der Waals surface area contributed by atoms with Gasteiger partial charge >= 0.3 is 5.97 Å². The lowest BCUT2D eigenvalue weighted by Crippen LogP contribution is -2.27. The fraction of sp³-hybridized carbons (Fsp3) is 0.444. The Bertz CT molecular complexity index is 359. The van der Waals surface area contributed by atoms with Crippen molar-refractivity contribution in [2.24, 2.45) is 0 Å². The molecule has 0 saturated carbocycles. The van der Waals surface area contributed by atoms with Crippen LogP contribution in [0.15, 0.2) is 10.6 Å². The van der Waals surface area contributed by atoms with E-state index in [0.29, 0.717) is 11.5 Å². The molecule has 0 aliphatic heterocycles. The molecule has 6 nitrogen and oxygen atoms in total. The summed E-state index contributed by atoms with van der Waals surface area (Å²) >= 11 is 0. The molecule has 0 bridgehead atoms. The monoisotopic (exact) mass is 212 g/mol. The molecule has 0 radical (unpaired) electrons. The van der Waals surface area contributed by atoms with Crippen molar-refractivity contribution in [2.45, 2.75) is 19.8 Å². The summed E-state index contributed by atoms with van der Waals surface area (Å²) in [6.45, 7) is 1.86. The van der Waals surface area contributed by atoms with Gasteiger partial charge in [-0.15, -0.1) is 0 Å². The largest absolute Gasteiger partial charge is 0.481 e. The van der Waals surface area contributed by atoms with Crippen molar-refractivity contribution >= 4 is 11.9 Å². The molecule has 82 valence electrons. The van der Waals surface area contributed by atoms with Crippen molar-refractivity contribution in [3.8, 4) is 0 Å². The quantitative estimate of drug-likeness (QED) is 0.723. The second-order valence-corrected chi connectivity index (χ2v) is 3.10. The lowest BCUT2D eigenvalue weighted by Gasteiger charge is -2.00. The molecule has 0 aromatic carbocycles. The van der Waals surface area contributed by atoms with E-state index >= 15 is 0 Å². The maximum Gasteiger partial charge on any atom is 0.305 e. The third-order valence-corrected chi connectivity index (χ3v) is 1.68. The standard InChI is InChI=1S/C9H12N2O4/c1-6-4-7(11-15-6)5-8(12)10-3-2-9(13)14/h4H,2-3,5H2,1H3,(H,10,12)(H,13,14). The number of rotatable bonds is 5. The van der Waals surface area contributed by atoms with Gasteiger partial charge in [-0.2, -0.15) is 0 Å². The van der Waals surface area contributed by atoms with E-state index in [1.54, 1.807) is 13.0 Å². The second kappa shape index (κ2) is 5.14. The molecule has 1 heterocycles. The summed E-state index contributed by atoms with van der Waals surface area (Å²) in [5.41, 5.74) is 0.542. The molecule has 0 unspecified atom stereocenters. The van der Waals surface area contributed by atoms with E-state index in [0.717, 1.165) is 0 Å². The Hall–Kier alpha value is -1.85. The van der Waals surface area contributed by atoms with Crippen molar-refractivity contribution in [1.29, 1.82) is 0 Å². The molecule has 6 heteroatoms. The van der Waals surface area contributed by atoms with Crippen molar-refractivity contribution in [1.82, 2.24) is 10.5 Å². The summed E-state index contributed by atoms with van der Waals surface area (Å²) in [7, 11) is 0. The van der Waals surface area contributed by atoms with Crippen LogP contribution in [-0.2, 0) is 16.0 Å². The smallest absolute Gasteiger partial charge is 0.305 e. The summed E-state index contributed by atoms with van der Waals surface area (Å²) in [5.74, 6) is -0.555. The first kappa shape index (κ1) is 11.2. The minimum Gasteiger partial charge on any atom is -0.481 e. The van der Waals surface area contributed by atoms with Crippen molar-refractivity contribution in [3.63, 3.8) is 0 Å². The highest BCUT2D eigenvalue weighted by Gasteiger charge is 2.07. The molecule has 1 amide bonds. The predicted octanol–water partition coefficient (Wildman–Crippen LogP) is 0.116. The number of carbonyl (C=O) groups excluding carboxylic acids is 1. The minimum absolute atomic E-state index is 0.0798. The van der Waals surface area contributed by atoms with Crippen LogP contribution in [-0.4, -0.2) is 28.7 Å². The number of aromatic nitrogens is 1. The van der Waals surface area contributed by atoms with Gasteiger partial charge < -0.3 is 14.9 Å².